The first-order valence-electron chi connectivity index (χ1n) is 3.80. The predicted octanol–water partition coefficient (Wildman–Crippen LogP) is -0.807. The van der Waals surface area contributed by atoms with Crippen molar-refractivity contribution < 1.29 is 10.0 Å². The molecule has 1 aromatic heterocycles. The van der Waals surface area contributed by atoms with Gasteiger partial charge in [0, 0.05) is 18.2 Å². The topological polar surface area (TPSA) is 65.4 Å². The molecule has 0 bridgehead atoms. The van der Waals surface area contributed by atoms with Crippen molar-refractivity contribution in [1.29, 1.82) is 0 Å². The minimum atomic E-state index is -1.44. The fourth-order valence-electron chi connectivity index (χ4n) is 0.844. The molecule has 0 unspecified atom stereocenters. The zero-order valence-electron chi connectivity index (χ0n) is 6.86. The minimum Gasteiger partial charge on any atom is -0.423 e. The van der Waals surface area contributed by atoms with Gasteiger partial charge in [-0.2, -0.15) is 0 Å². The van der Waals surface area contributed by atoms with E-state index in [0.717, 1.165) is 12.4 Å². The maximum atomic E-state index is 8.74. The van der Waals surface area contributed by atoms with Crippen LogP contribution in [0.4, 0.5) is 5.82 Å². The Hall–Kier alpha value is -1.07. The van der Waals surface area contributed by atoms with Gasteiger partial charge in [0.15, 0.2) is 0 Å². The lowest BCUT2D eigenvalue weighted by molar-refractivity contribution is 0.425. The molecule has 0 aliphatic carbocycles. The van der Waals surface area contributed by atoms with Crippen LogP contribution in [0.3, 0.4) is 0 Å². The molecule has 0 atom stereocenters. The van der Waals surface area contributed by atoms with E-state index in [4.69, 9.17) is 10.0 Å². The molecule has 0 aromatic carbocycles. The fraction of sp³-hybridized carbons (Fsp3) is 0.286. The zero-order valence-corrected chi connectivity index (χ0v) is 6.86. The molecule has 4 nitrogen and oxygen atoms in total. The largest absolute Gasteiger partial charge is 0.490 e. The standard InChI is InChI=1S/C7H11BN2O2/c1-2-9-7-4-3-6(5-10-7)8(11)12/h3-5,11-12H,2H2,1H3,(H,9,10). The molecule has 0 aliphatic rings. The van der Waals surface area contributed by atoms with E-state index in [-0.39, 0.29) is 0 Å². The number of hydrogen-bond donors (Lipinski definition) is 3. The maximum absolute atomic E-state index is 8.74. The molecule has 5 heteroatoms. The van der Waals surface area contributed by atoms with Crippen molar-refractivity contribution in [3.8, 4) is 0 Å². The number of nitrogens with zero attached hydrogens (tertiary/aromatic N) is 1. The molecule has 0 saturated carbocycles. The highest BCUT2D eigenvalue weighted by Gasteiger charge is 2.09. The summed E-state index contributed by atoms with van der Waals surface area (Å²) in [5.41, 5.74) is 0.400. The van der Waals surface area contributed by atoms with E-state index in [1.54, 1.807) is 12.1 Å². The number of rotatable bonds is 3. The second-order valence-corrected chi connectivity index (χ2v) is 2.38. The van der Waals surface area contributed by atoms with E-state index in [1.165, 1.54) is 6.20 Å². The van der Waals surface area contributed by atoms with Crippen LogP contribution < -0.4 is 10.8 Å². The number of nitrogens with one attached hydrogen (secondary N) is 1. The van der Waals surface area contributed by atoms with Gasteiger partial charge in [0.25, 0.3) is 0 Å². The molecule has 12 heavy (non-hydrogen) atoms. The molecular formula is C7H11BN2O2. The van der Waals surface area contributed by atoms with Crippen LogP contribution in [0.5, 0.6) is 0 Å². The molecule has 1 heterocycles. The molecule has 0 spiro atoms. The highest BCUT2D eigenvalue weighted by Crippen LogP contribution is 1.97. The highest BCUT2D eigenvalue weighted by molar-refractivity contribution is 6.58. The SMILES string of the molecule is CCNc1ccc(B(O)O)cn1. The molecule has 64 valence electrons. The lowest BCUT2D eigenvalue weighted by Crippen LogP contribution is -2.30. The third-order valence-corrected chi connectivity index (χ3v) is 1.44. The third kappa shape index (κ3) is 2.22. The van der Waals surface area contributed by atoms with Gasteiger partial charge in [-0.3, -0.25) is 0 Å². The summed E-state index contributed by atoms with van der Waals surface area (Å²) in [5, 5.41) is 20.5. The number of anilines is 1. The van der Waals surface area contributed by atoms with Crippen molar-refractivity contribution in [3.05, 3.63) is 18.3 Å². The second kappa shape index (κ2) is 4.08. The number of hydrogen-bond acceptors (Lipinski definition) is 4. The summed E-state index contributed by atoms with van der Waals surface area (Å²) >= 11 is 0. The summed E-state index contributed by atoms with van der Waals surface area (Å²) in [6, 6.07) is 3.33. The van der Waals surface area contributed by atoms with E-state index in [1.807, 2.05) is 6.92 Å². The van der Waals surface area contributed by atoms with Crippen LogP contribution in [0.2, 0.25) is 0 Å². The Labute approximate surface area is 71.4 Å². The van der Waals surface area contributed by atoms with E-state index in [9.17, 15) is 0 Å². The minimum absolute atomic E-state index is 0.400. The summed E-state index contributed by atoms with van der Waals surface area (Å²) in [7, 11) is -1.44. The van der Waals surface area contributed by atoms with E-state index >= 15 is 0 Å². The Balaban J connectivity index is 2.71. The van der Waals surface area contributed by atoms with Gasteiger partial charge in [-0.25, -0.2) is 4.98 Å². The van der Waals surface area contributed by atoms with Gasteiger partial charge >= 0.3 is 7.12 Å². The van der Waals surface area contributed by atoms with Crippen LogP contribution in [0.25, 0.3) is 0 Å². The Kier molecular flexibility index (Phi) is 3.07. The highest BCUT2D eigenvalue weighted by atomic mass is 16.4. The molecule has 0 amide bonds. The first kappa shape index (κ1) is 9.03. The summed E-state index contributed by atoms with van der Waals surface area (Å²) in [6.07, 6.45) is 1.43. The Bertz CT molecular complexity index is 238. The van der Waals surface area contributed by atoms with Gasteiger partial charge < -0.3 is 15.4 Å². The monoisotopic (exact) mass is 166 g/mol. The Morgan fingerprint density at radius 1 is 1.50 bits per heavy atom. The van der Waals surface area contributed by atoms with Gasteiger partial charge in [-0.05, 0) is 13.0 Å². The molecular weight excluding hydrogens is 155 g/mol. The van der Waals surface area contributed by atoms with E-state index < -0.39 is 7.12 Å². The molecule has 1 aromatic rings. The molecule has 0 aliphatic heterocycles. The number of pyridine rings is 1. The smallest absolute Gasteiger partial charge is 0.423 e. The van der Waals surface area contributed by atoms with Crippen LogP contribution in [0.1, 0.15) is 6.92 Å². The summed E-state index contributed by atoms with van der Waals surface area (Å²) in [5.74, 6) is 0.738. The third-order valence-electron chi connectivity index (χ3n) is 1.44. The van der Waals surface area contributed by atoms with Crippen LogP contribution in [0, 0.1) is 0 Å². The molecule has 0 fully saturated rings. The summed E-state index contributed by atoms with van der Waals surface area (Å²) in [4.78, 5) is 3.96. The van der Waals surface area contributed by atoms with E-state index in [0.29, 0.717) is 5.46 Å². The average molecular weight is 166 g/mol. The zero-order chi connectivity index (χ0) is 8.97. The van der Waals surface area contributed by atoms with Crippen molar-refractivity contribution in [2.75, 3.05) is 11.9 Å². The van der Waals surface area contributed by atoms with Crippen molar-refractivity contribution >= 4 is 18.4 Å². The molecule has 0 saturated heterocycles. The Morgan fingerprint density at radius 2 is 2.25 bits per heavy atom. The van der Waals surface area contributed by atoms with Crippen LogP contribution in [0.15, 0.2) is 18.3 Å². The van der Waals surface area contributed by atoms with Crippen LogP contribution in [-0.4, -0.2) is 28.7 Å². The summed E-state index contributed by atoms with van der Waals surface area (Å²) in [6.45, 7) is 2.77. The predicted molar refractivity (Wildman–Crippen MR) is 48.2 cm³/mol. The lowest BCUT2D eigenvalue weighted by Gasteiger charge is -2.02. The second-order valence-electron chi connectivity index (χ2n) is 2.38. The van der Waals surface area contributed by atoms with Crippen molar-refractivity contribution in [1.82, 2.24) is 4.98 Å². The van der Waals surface area contributed by atoms with Crippen molar-refractivity contribution in [2.24, 2.45) is 0 Å². The van der Waals surface area contributed by atoms with Crippen LogP contribution in [-0.2, 0) is 0 Å². The fourth-order valence-corrected chi connectivity index (χ4v) is 0.844. The van der Waals surface area contributed by atoms with Crippen molar-refractivity contribution in [2.45, 2.75) is 6.92 Å². The van der Waals surface area contributed by atoms with Gasteiger partial charge in [0.2, 0.25) is 0 Å². The van der Waals surface area contributed by atoms with Crippen LogP contribution >= 0.6 is 0 Å². The van der Waals surface area contributed by atoms with Gasteiger partial charge in [-0.15, -0.1) is 0 Å². The van der Waals surface area contributed by atoms with Crippen molar-refractivity contribution in [3.63, 3.8) is 0 Å². The first-order chi connectivity index (χ1) is 5.74. The normalized spacial score (nSPS) is 9.58. The number of aromatic nitrogens is 1. The van der Waals surface area contributed by atoms with Gasteiger partial charge in [-0.1, -0.05) is 6.07 Å². The average Bonchev–Trinajstić information content (AvgIpc) is 2.06. The van der Waals surface area contributed by atoms with Gasteiger partial charge in [0.1, 0.15) is 5.82 Å². The molecule has 0 radical (unpaired) electrons. The maximum Gasteiger partial charge on any atom is 0.490 e. The lowest BCUT2D eigenvalue weighted by atomic mass is 9.82. The first-order valence-corrected chi connectivity index (χ1v) is 3.80. The quantitative estimate of drug-likeness (QED) is 0.514. The van der Waals surface area contributed by atoms with Gasteiger partial charge in [0.05, 0.1) is 0 Å². The summed E-state index contributed by atoms with van der Waals surface area (Å²) < 4.78 is 0. The van der Waals surface area contributed by atoms with E-state index in [2.05, 4.69) is 10.3 Å². The molecule has 1 rings (SSSR count). The molecule has 3 N–H and O–H groups in total. The Morgan fingerprint density at radius 3 is 2.67 bits per heavy atom.